The quantitative estimate of drug-likeness (QED) is 0.632. The summed E-state index contributed by atoms with van der Waals surface area (Å²) in [5.41, 5.74) is 0. The van der Waals surface area contributed by atoms with Gasteiger partial charge in [-0.15, -0.1) is 0 Å². The van der Waals surface area contributed by atoms with Gasteiger partial charge in [0.25, 0.3) is 0 Å². The Morgan fingerprint density at radius 2 is 1.75 bits per heavy atom. The summed E-state index contributed by atoms with van der Waals surface area (Å²) in [6, 6.07) is 0. The first-order valence-electron chi connectivity index (χ1n) is 3.68. The van der Waals surface area contributed by atoms with Crippen molar-refractivity contribution in [2.75, 3.05) is 6.26 Å². The predicted octanol–water partition coefficient (Wildman–Crippen LogP) is 2.07. The number of hydrogen-bond donors (Lipinski definition) is 0. The van der Waals surface area contributed by atoms with Crippen LogP contribution in [0.4, 0.5) is 0 Å². The Labute approximate surface area is 74.2 Å². The van der Waals surface area contributed by atoms with Gasteiger partial charge in [-0.25, -0.2) is 8.42 Å². The topological polar surface area (TPSA) is 34.1 Å². The van der Waals surface area contributed by atoms with Crippen molar-refractivity contribution in [2.45, 2.75) is 13.8 Å². The van der Waals surface area contributed by atoms with E-state index in [1.807, 2.05) is 6.92 Å². The van der Waals surface area contributed by atoms with E-state index in [9.17, 15) is 8.42 Å². The summed E-state index contributed by atoms with van der Waals surface area (Å²) in [5, 5.41) is 0. The van der Waals surface area contributed by atoms with Crippen molar-refractivity contribution in [3.8, 4) is 0 Å². The molecule has 0 aromatic heterocycles. The zero-order chi connectivity index (χ0) is 9.61. The van der Waals surface area contributed by atoms with Gasteiger partial charge in [0.1, 0.15) is 0 Å². The molecule has 0 unspecified atom stereocenters. The first-order valence-corrected chi connectivity index (χ1v) is 5.57. The molecule has 0 radical (unpaired) electrons. The van der Waals surface area contributed by atoms with Crippen LogP contribution in [0.3, 0.4) is 0 Å². The molecule has 0 aliphatic carbocycles. The van der Waals surface area contributed by atoms with Gasteiger partial charge < -0.3 is 0 Å². The van der Waals surface area contributed by atoms with Gasteiger partial charge in [0.2, 0.25) is 0 Å². The third-order valence-corrected chi connectivity index (χ3v) is 2.34. The Kier molecular flexibility index (Phi) is 4.59. The molecule has 0 aliphatic heterocycles. The monoisotopic (exact) mass is 186 g/mol. The van der Waals surface area contributed by atoms with E-state index in [0.29, 0.717) is 4.91 Å². The summed E-state index contributed by atoms with van der Waals surface area (Å²) < 4.78 is 22.1. The highest BCUT2D eigenvalue weighted by atomic mass is 32.2. The summed E-state index contributed by atoms with van der Waals surface area (Å²) in [5.74, 6) is 0. The van der Waals surface area contributed by atoms with E-state index < -0.39 is 9.84 Å². The standard InChI is InChI=1S/C9H14O2S/c1-4-6-8-9(7-5-2)12(3,10)11/h4-8H,1-3H3/b6-4-,7-5?,9-8+. The Morgan fingerprint density at radius 1 is 1.17 bits per heavy atom. The predicted molar refractivity (Wildman–Crippen MR) is 52.6 cm³/mol. The highest BCUT2D eigenvalue weighted by molar-refractivity contribution is 7.94. The van der Waals surface area contributed by atoms with Gasteiger partial charge in [-0.1, -0.05) is 18.2 Å². The lowest BCUT2D eigenvalue weighted by Gasteiger charge is -1.95. The molecule has 2 nitrogen and oxygen atoms in total. The zero-order valence-corrected chi connectivity index (χ0v) is 8.43. The zero-order valence-electron chi connectivity index (χ0n) is 7.61. The van der Waals surface area contributed by atoms with Gasteiger partial charge in [-0.05, 0) is 26.0 Å². The maximum absolute atomic E-state index is 11.1. The van der Waals surface area contributed by atoms with Gasteiger partial charge in [-0.2, -0.15) is 0 Å². The maximum atomic E-state index is 11.1. The largest absolute Gasteiger partial charge is 0.224 e. The lowest BCUT2D eigenvalue weighted by atomic mass is 10.4. The molecule has 0 aromatic rings. The highest BCUT2D eigenvalue weighted by Gasteiger charge is 2.04. The molecule has 0 N–H and O–H groups in total. The van der Waals surface area contributed by atoms with Crippen molar-refractivity contribution in [1.29, 1.82) is 0 Å². The fraction of sp³-hybridized carbons (Fsp3) is 0.333. The van der Waals surface area contributed by atoms with Crippen molar-refractivity contribution in [3.05, 3.63) is 35.3 Å². The minimum absolute atomic E-state index is 0.336. The molecule has 3 heteroatoms. The van der Waals surface area contributed by atoms with Gasteiger partial charge in [0.15, 0.2) is 9.84 Å². The van der Waals surface area contributed by atoms with Crippen LogP contribution in [0.5, 0.6) is 0 Å². The number of rotatable bonds is 3. The molecule has 0 spiro atoms. The van der Waals surface area contributed by atoms with E-state index in [0.717, 1.165) is 0 Å². The van der Waals surface area contributed by atoms with E-state index in [4.69, 9.17) is 0 Å². The average Bonchev–Trinajstić information content (AvgIpc) is 1.95. The Morgan fingerprint density at radius 3 is 2.08 bits per heavy atom. The Bertz CT molecular complexity index is 305. The second-order valence-corrected chi connectivity index (χ2v) is 4.38. The minimum Gasteiger partial charge on any atom is -0.224 e. The summed E-state index contributed by atoms with van der Waals surface area (Å²) in [6.07, 6.45) is 9.55. The van der Waals surface area contributed by atoms with E-state index in [2.05, 4.69) is 0 Å². The smallest absolute Gasteiger partial charge is 0.175 e. The SMILES string of the molecule is CC=C/C(=C\C=C/C)S(C)(=O)=O. The van der Waals surface area contributed by atoms with Crippen molar-refractivity contribution in [2.24, 2.45) is 0 Å². The normalized spacial score (nSPS) is 14.8. The van der Waals surface area contributed by atoms with Crippen molar-refractivity contribution < 1.29 is 8.42 Å². The van der Waals surface area contributed by atoms with E-state index in [-0.39, 0.29) is 0 Å². The van der Waals surface area contributed by atoms with Crippen molar-refractivity contribution in [3.63, 3.8) is 0 Å². The van der Waals surface area contributed by atoms with Gasteiger partial charge >= 0.3 is 0 Å². The number of sulfone groups is 1. The molecule has 0 amide bonds. The summed E-state index contributed by atoms with van der Waals surface area (Å²) in [6.45, 7) is 3.63. The molecule has 0 saturated heterocycles. The second kappa shape index (κ2) is 4.93. The highest BCUT2D eigenvalue weighted by Crippen LogP contribution is 2.06. The van der Waals surface area contributed by atoms with E-state index in [1.165, 1.54) is 6.26 Å². The molecule has 0 heterocycles. The molecule has 0 bridgehead atoms. The first kappa shape index (κ1) is 11.2. The van der Waals surface area contributed by atoms with Crippen LogP contribution in [-0.2, 0) is 9.84 Å². The fourth-order valence-corrected chi connectivity index (χ4v) is 1.37. The van der Waals surface area contributed by atoms with Crippen LogP contribution in [0.15, 0.2) is 35.3 Å². The van der Waals surface area contributed by atoms with Gasteiger partial charge in [-0.3, -0.25) is 0 Å². The average molecular weight is 186 g/mol. The third-order valence-electron chi connectivity index (χ3n) is 1.21. The lowest BCUT2D eigenvalue weighted by Crippen LogP contribution is -1.97. The molecular formula is C9H14O2S. The van der Waals surface area contributed by atoms with Crippen molar-refractivity contribution in [1.82, 2.24) is 0 Å². The molecule has 0 aromatic carbocycles. The van der Waals surface area contributed by atoms with E-state index in [1.54, 1.807) is 37.3 Å². The van der Waals surface area contributed by atoms with Crippen LogP contribution in [0, 0.1) is 0 Å². The third kappa shape index (κ3) is 4.13. The van der Waals surface area contributed by atoms with Crippen LogP contribution < -0.4 is 0 Å². The van der Waals surface area contributed by atoms with E-state index >= 15 is 0 Å². The first-order chi connectivity index (χ1) is 5.52. The molecule has 68 valence electrons. The fourth-order valence-electron chi connectivity index (χ4n) is 0.658. The van der Waals surface area contributed by atoms with Crippen LogP contribution in [0.1, 0.15) is 13.8 Å². The Hall–Kier alpha value is -0.830. The molecule has 0 fully saturated rings. The molecule has 0 rings (SSSR count). The lowest BCUT2D eigenvalue weighted by molar-refractivity contribution is 0.608. The molecule has 0 atom stereocenters. The molecular weight excluding hydrogens is 172 g/mol. The van der Waals surface area contributed by atoms with Crippen LogP contribution in [-0.4, -0.2) is 14.7 Å². The van der Waals surface area contributed by atoms with Crippen LogP contribution in [0.25, 0.3) is 0 Å². The van der Waals surface area contributed by atoms with Gasteiger partial charge in [0.05, 0.1) is 4.91 Å². The van der Waals surface area contributed by atoms with Gasteiger partial charge in [0, 0.05) is 6.26 Å². The number of hydrogen-bond acceptors (Lipinski definition) is 2. The summed E-state index contributed by atoms with van der Waals surface area (Å²) >= 11 is 0. The Balaban J connectivity index is 4.93. The minimum atomic E-state index is -3.08. The molecule has 0 aliphatic rings. The number of allylic oxidation sites excluding steroid dienone is 5. The second-order valence-electron chi connectivity index (χ2n) is 2.37. The summed E-state index contributed by atoms with van der Waals surface area (Å²) in [7, 11) is -3.08. The maximum Gasteiger partial charge on any atom is 0.175 e. The molecule has 12 heavy (non-hydrogen) atoms. The van der Waals surface area contributed by atoms with Crippen LogP contribution >= 0.6 is 0 Å². The van der Waals surface area contributed by atoms with Crippen molar-refractivity contribution >= 4 is 9.84 Å². The summed E-state index contributed by atoms with van der Waals surface area (Å²) in [4.78, 5) is 0.336. The molecule has 0 saturated carbocycles. The van der Waals surface area contributed by atoms with Crippen LogP contribution in [0.2, 0.25) is 0 Å².